The zero-order chi connectivity index (χ0) is 53.6. The molecule has 16 heteroatoms. The molecular formula is C62H54N6O10. The molecule has 0 aliphatic carbocycles. The van der Waals surface area contributed by atoms with E-state index in [-0.39, 0.29) is 66.3 Å². The fourth-order valence-electron chi connectivity index (χ4n) is 11.1. The summed E-state index contributed by atoms with van der Waals surface area (Å²) in [5, 5.41) is 20.6. The molecule has 0 saturated carbocycles. The van der Waals surface area contributed by atoms with Crippen LogP contribution in [0.15, 0.2) is 142 Å². The average Bonchev–Trinajstić information content (AvgIpc) is 3.80. The summed E-state index contributed by atoms with van der Waals surface area (Å²) in [7, 11) is 4.53. The number of benzene rings is 7. The Hall–Kier alpha value is -9.44. The van der Waals surface area contributed by atoms with Crippen LogP contribution in [-0.2, 0) is 52.1 Å². The molecule has 3 amide bonds. The van der Waals surface area contributed by atoms with E-state index in [0.717, 1.165) is 17.5 Å². The number of amides is 3. The number of ether oxygens (including phenoxy) is 5. The predicted molar refractivity (Wildman–Crippen MR) is 293 cm³/mol. The maximum absolute atomic E-state index is 13.8. The minimum atomic E-state index is -0.153. The number of fused-ring (bicyclic) bond motifs is 9. The molecule has 78 heavy (non-hydrogen) atoms. The number of methoxy groups -OCH3 is 3. The fraction of sp³-hybridized carbons (Fsp3) is 0.226. The molecule has 6 aliphatic heterocycles. The van der Waals surface area contributed by atoms with Crippen molar-refractivity contribution >= 4 is 53.4 Å². The molecule has 6 heterocycles. The van der Waals surface area contributed by atoms with Crippen molar-refractivity contribution in [1.82, 2.24) is 14.7 Å². The second-order valence-corrected chi connectivity index (χ2v) is 19.9. The molecule has 13 rings (SSSR count). The number of hydrogen-bond acceptors (Lipinski definition) is 13. The van der Waals surface area contributed by atoms with E-state index in [1.165, 1.54) is 49.6 Å². The van der Waals surface area contributed by atoms with Crippen LogP contribution in [0.3, 0.4) is 0 Å². The number of phenols is 2. The number of aliphatic imine (C=N–C) groups is 3. The molecule has 3 atom stereocenters. The lowest BCUT2D eigenvalue weighted by Gasteiger charge is -2.34. The average molecular weight is 1040 g/mol. The van der Waals surface area contributed by atoms with Crippen molar-refractivity contribution in [2.75, 3.05) is 21.3 Å². The van der Waals surface area contributed by atoms with Gasteiger partial charge >= 0.3 is 0 Å². The van der Waals surface area contributed by atoms with Crippen LogP contribution in [-0.4, -0.2) is 101 Å². The van der Waals surface area contributed by atoms with Gasteiger partial charge in [0.15, 0.2) is 34.5 Å². The maximum atomic E-state index is 13.8. The van der Waals surface area contributed by atoms with Gasteiger partial charge in [0.05, 0.1) is 73.2 Å². The molecule has 0 fully saturated rings. The number of aromatic hydroxyl groups is 2. The van der Waals surface area contributed by atoms with E-state index >= 15 is 0 Å². The van der Waals surface area contributed by atoms with Gasteiger partial charge in [-0.15, -0.1) is 0 Å². The topological polar surface area (TPSA) is 185 Å². The summed E-state index contributed by atoms with van der Waals surface area (Å²) < 4.78 is 28.9. The normalized spacial score (nSPS) is 18.1. The number of nitrogens with zero attached hydrogens (tertiary/aromatic N) is 6. The number of hydrogen-bond donors (Lipinski definition) is 2. The van der Waals surface area contributed by atoms with E-state index in [1.807, 2.05) is 69.6 Å². The molecule has 0 unspecified atom stereocenters. The third kappa shape index (κ3) is 9.39. The predicted octanol–water partition coefficient (Wildman–Crippen LogP) is 9.82. The SMILES string of the molecule is COc1cc2c(cc1O)N=C[C@@H]1Cc3ccccc3CN1C2=O.COc1cc2c(cc1OCc1cc(O)cc(COc3cc4c(cc3OC)C(=O)N3Cc5ccccc5C[C@H]3C=N4)c1)N=C[C@@H]1Cc3ccccc3CN1C2=O. The fourth-order valence-corrected chi connectivity index (χ4v) is 11.1. The van der Waals surface area contributed by atoms with Crippen LogP contribution in [0.1, 0.15) is 75.6 Å². The van der Waals surface area contributed by atoms with Crippen molar-refractivity contribution in [1.29, 1.82) is 0 Å². The highest BCUT2D eigenvalue weighted by atomic mass is 16.5. The van der Waals surface area contributed by atoms with Gasteiger partial charge in [-0.05, 0) is 100 Å². The van der Waals surface area contributed by atoms with Crippen LogP contribution in [0, 0.1) is 0 Å². The van der Waals surface area contributed by atoms with Gasteiger partial charge in [-0.3, -0.25) is 29.4 Å². The third-order valence-electron chi connectivity index (χ3n) is 15.2. The molecule has 16 nitrogen and oxygen atoms in total. The summed E-state index contributed by atoms with van der Waals surface area (Å²) in [6.07, 6.45) is 7.62. The number of carbonyl (C=O) groups is 3. The molecule has 2 N–H and O–H groups in total. The Kier molecular flexibility index (Phi) is 13.1. The summed E-state index contributed by atoms with van der Waals surface area (Å²) >= 11 is 0. The molecule has 0 aromatic heterocycles. The largest absolute Gasteiger partial charge is 0.508 e. The minimum Gasteiger partial charge on any atom is -0.508 e. The van der Waals surface area contributed by atoms with Crippen molar-refractivity contribution in [2.24, 2.45) is 15.0 Å². The maximum Gasteiger partial charge on any atom is 0.257 e. The van der Waals surface area contributed by atoms with E-state index < -0.39 is 0 Å². The smallest absolute Gasteiger partial charge is 0.257 e. The Balaban J connectivity index is 0.000000220. The van der Waals surface area contributed by atoms with Gasteiger partial charge in [0.25, 0.3) is 17.7 Å². The van der Waals surface area contributed by atoms with E-state index in [0.29, 0.717) is 100 Å². The van der Waals surface area contributed by atoms with Gasteiger partial charge < -0.3 is 48.6 Å². The van der Waals surface area contributed by atoms with Crippen molar-refractivity contribution in [3.05, 3.63) is 189 Å². The van der Waals surface area contributed by atoms with Crippen LogP contribution in [0.2, 0.25) is 0 Å². The van der Waals surface area contributed by atoms with E-state index in [2.05, 4.69) is 41.4 Å². The lowest BCUT2D eigenvalue weighted by atomic mass is 9.94. The monoisotopic (exact) mass is 1040 g/mol. The summed E-state index contributed by atoms with van der Waals surface area (Å²) in [4.78, 5) is 60.0. The summed E-state index contributed by atoms with van der Waals surface area (Å²) in [5.74, 6) is 1.64. The Morgan fingerprint density at radius 1 is 0.436 bits per heavy atom. The van der Waals surface area contributed by atoms with Crippen molar-refractivity contribution < 1.29 is 48.3 Å². The lowest BCUT2D eigenvalue weighted by Crippen LogP contribution is -2.44. The summed E-state index contributed by atoms with van der Waals surface area (Å²) in [6.45, 7) is 1.78. The third-order valence-corrected chi connectivity index (χ3v) is 15.2. The zero-order valence-electron chi connectivity index (χ0n) is 43.1. The van der Waals surface area contributed by atoms with Crippen LogP contribution in [0.25, 0.3) is 0 Å². The van der Waals surface area contributed by atoms with Crippen molar-refractivity contribution in [2.45, 2.75) is 70.2 Å². The van der Waals surface area contributed by atoms with Crippen molar-refractivity contribution in [3.8, 4) is 40.2 Å². The second-order valence-electron chi connectivity index (χ2n) is 19.9. The van der Waals surface area contributed by atoms with Crippen LogP contribution < -0.4 is 23.7 Å². The highest BCUT2D eigenvalue weighted by Crippen LogP contribution is 2.42. The van der Waals surface area contributed by atoms with Crippen LogP contribution >= 0.6 is 0 Å². The molecule has 392 valence electrons. The highest BCUT2D eigenvalue weighted by molar-refractivity contribution is 6.05. The van der Waals surface area contributed by atoms with Gasteiger partial charge in [-0.1, -0.05) is 72.8 Å². The van der Waals surface area contributed by atoms with Gasteiger partial charge in [-0.2, -0.15) is 0 Å². The molecule has 7 aromatic carbocycles. The molecule has 0 radical (unpaired) electrons. The first-order valence-corrected chi connectivity index (χ1v) is 25.7. The zero-order valence-corrected chi connectivity index (χ0v) is 43.1. The van der Waals surface area contributed by atoms with Crippen LogP contribution in [0.4, 0.5) is 17.1 Å². The Morgan fingerprint density at radius 2 is 0.782 bits per heavy atom. The Labute approximate surface area is 450 Å². The number of rotatable bonds is 9. The van der Waals surface area contributed by atoms with E-state index in [9.17, 15) is 24.6 Å². The molecule has 6 aliphatic rings. The van der Waals surface area contributed by atoms with Crippen LogP contribution in [0.5, 0.6) is 40.2 Å². The quantitative estimate of drug-likeness (QED) is 0.141. The standard InChI is InChI=1S/C44H38N4O7.C18H16N2O3/c1-52-39-16-35-37(45-20-32-14-28-7-3-5-9-30(28)22-47(32)43(35)50)18-41(39)54-24-26-11-27(13-34(49)12-26)25-55-42-19-38-36(17-40(42)53-2)44(51)48-23-31-10-6-4-8-29(31)15-33(48)21-46-38;1-23-17-7-14-15(8-16(17)21)19-9-13-6-11-4-2-3-5-12(11)10-20(13)18(14)22/h3-13,16-21,32-33,49H,14-15,22-25H2,1-2H3;2-5,7-9,13,21H,6,10H2,1H3/t32-,33-;13-/m00/s1. The van der Waals surface area contributed by atoms with Gasteiger partial charge in [0.2, 0.25) is 0 Å². The molecule has 0 saturated heterocycles. The van der Waals surface area contributed by atoms with E-state index in [4.69, 9.17) is 33.7 Å². The number of phenolic OH excluding ortho intramolecular Hbond substituents is 2. The first kappa shape index (κ1) is 49.4. The van der Waals surface area contributed by atoms with Gasteiger partial charge in [0.1, 0.15) is 19.0 Å². The minimum absolute atomic E-state index is 0.0145. The highest BCUT2D eigenvalue weighted by Gasteiger charge is 2.36. The second kappa shape index (κ2) is 20.6. The lowest BCUT2D eigenvalue weighted by molar-refractivity contribution is 0.0696. The first-order chi connectivity index (χ1) is 38.0. The summed E-state index contributed by atoms with van der Waals surface area (Å²) in [6, 6.07) is 39.1. The Morgan fingerprint density at radius 3 is 1.15 bits per heavy atom. The molecule has 0 bridgehead atoms. The van der Waals surface area contributed by atoms with Crippen molar-refractivity contribution in [3.63, 3.8) is 0 Å². The summed E-state index contributed by atoms with van der Waals surface area (Å²) in [5.41, 5.74) is 11.3. The molecular weight excluding hydrogens is 989 g/mol. The first-order valence-electron chi connectivity index (χ1n) is 25.7. The van der Waals surface area contributed by atoms with Gasteiger partial charge in [-0.25, -0.2) is 0 Å². The van der Waals surface area contributed by atoms with E-state index in [1.54, 1.807) is 48.7 Å². The van der Waals surface area contributed by atoms with Gasteiger partial charge in [0, 0.05) is 56.5 Å². The Bertz CT molecular complexity index is 3500. The molecule has 7 aromatic rings. The number of carbonyl (C=O) groups excluding carboxylic acids is 3. The molecule has 0 spiro atoms.